The maximum atomic E-state index is 5.30. The predicted molar refractivity (Wildman–Crippen MR) is 57.0 cm³/mol. The van der Waals surface area contributed by atoms with Crippen LogP contribution < -0.4 is 5.32 Å². The molecule has 1 aromatic rings. The number of nitrogens with one attached hydrogen (secondary N) is 1. The molecule has 0 spiro atoms. The topological polar surface area (TPSA) is 25.2 Å². The van der Waals surface area contributed by atoms with Gasteiger partial charge in [-0.05, 0) is 30.4 Å². The van der Waals surface area contributed by atoms with E-state index in [9.17, 15) is 0 Å². The van der Waals surface area contributed by atoms with Crippen LogP contribution in [0.4, 0.5) is 0 Å². The standard InChI is InChI=1S/C12H19NO/c1-12(2)7-3-6-11(12)13-9-10-5-4-8-14-10/h4-5,8,11,13H,3,6-7,9H2,1-2H3. The van der Waals surface area contributed by atoms with Gasteiger partial charge in [0.15, 0.2) is 0 Å². The Bertz CT molecular complexity index is 277. The van der Waals surface area contributed by atoms with E-state index < -0.39 is 0 Å². The Morgan fingerprint density at radius 1 is 1.57 bits per heavy atom. The van der Waals surface area contributed by atoms with Gasteiger partial charge >= 0.3 is 0 Å². The van der Waals surface area contributed by atoms with Gasteiger partial charge in [-0.3, -0.25) is 0 Å². The molecule has 2 nitrogen and oxygen atoms in total. The fourth-order valence-electron chi connectivity index (χ4n) is 2.34. The van der Waals surface area contributed by atoms with Gasteiger partial charge in [0.05, 0.1) is 12.8 Å². The minimum Gasteiger partial charge on any atom is -0.468 e. The second kappa shape index (κ2) is 3.77. The highest BCUT2D eigenvalue weighted by Gasteiger charge is 2.33. The van der Waals surface area contributed by atoms with E-state index in [4.69, 9.17) is 4.42 Å². The van der Waals surface area contributed by atoms with Crippen molar-refractivity contribution < 1.29 is 4.42 Å². The molecule has 14 heavy (non-hydrogen) atoms. The summed E-state index contributed by atoms with van der Waals surface area (Å²) in [6, 6.07) is 4.61. The van der Waals surface area contributed by atoms with E-state index in [1.807, 2.05) is 12.1 Å². The summed E-state index contributed by atoms with van der Waals surface area (Å²) in [4.78, 5) is 0. The average molecular weight is 193 g/mol. The van der Waals surface area contributed by atoms with Crippen molar-refractivity contribution in [3.63, 3.8) is 0 Å². The van der Waals surface area contributed by atoms with Crippen LogP contribution in [0.1, 0.15) is 38.9 Å². The fourth-order valence-corrected chi connectivity index (χ4v) is 2.34. The zero-order valence-corrected chi connectivity index (χ0v) is 9.05. The van der Waals surface area contributed by atoms with Crippen molar-refractivity contribution in [2.24, 2.45) is 5.41 Å². The minimum absolute atomic E-state index is 0.451. The zero-order valence-electron chi connectivity index (χ0n) is 9.05. The first-order valence-electron chi connectivity index (χ1n) is 5.44. The summed E-state index contributed by atoms with van der Waals surface area (Å²) in [5.41, 5.74) is 0.451. The number of hydrogen-bond acceptors (Lipinski definition) is 2. The molecule has 78 valence electrons. The Labute approximate surface area is 85.7 Å². The summed E-state index contributed by atoms with van der Waals surface area (Å²) < 4.78 is 5.30. The molecule has 1 unspecified atom stereocenters. The van der Waals surface area contributed by atoms with Crippen LogP contribution in [0.25, 0.3) is 0 Å². The normalized spacial score (nSPS) is 25.4. The van der Waals surface area contributed by atoms with E-state index in [1.54, 1.807) is 6.26 Å². The first kappa shape index (κ1) is 9.78. The Hall–Kier alpha value is -0.760. The first-order valence-corrected chi connectivity index (χ1v) is 5.44. The van der Waals surface area contributed by atoms with Crippen molar-refractivity contribution in [3.05, 3.63) is 24.2 Å². The van der Waals surface area contributed by atoms with Gasteiger partial charge in [-0.15, -0.1) is 0 Å². The largest absolute Gasteiger partial charge is 0.468 e. The Morgan fingerprint density at radius 3 is 3.00 bits per heavy atom. The smallest absolute Gasteiger partial charge is 0.117 e. The molecule has 2 heteroatoms. The molecule has 1 fully saturated rings. The Morgan fingerprint density at radius 2 is 2.43 bits per heavy atom. The van der Waals surface area contributed by atoms with Crippen LogP contribution in [0.2, 0.25) is 0 Å². The Kier molecular flexibility index (Phi) is 2.64. The van der Waals surface area contributed by atoms with Crippen molar-refractivity contribution in [1.82, 2.24) is 5.32 Å². The van der Waals surface area contributed by atoms with Crippen molar-refractivity contribution in [3.8, 4) is 0 Å². The molecule has 1 N–H and O–H groups in total. The molecule has 1 heterocycles. The van der Waals surface area contributed by atoms with Crippen LogP contribution in [-0.2, 0) is 6.54 Å². The van der Waals surface area contributed by atoms with Gasteiger partial charge in [-0.25, -0.2) is 0 Å². The highest BCUT2D eigenvalue weighted by Crippen LogP contribution is 2.37. The van der Waals surface area contributed by atoms with Crippen molar-refractivity contribution in [2.75, 3.05) is 0 Å². The third kappa shape index (κ3) is 2.01. The van der Waals surface area contributed by atoms with E-state index in [-0.39, 0.29) is 0 Å². The van der Waals surface area contributed by atoms with Gasteiger partial charge in [0.1, 0.15) is 5.76 Å². The lowest BCUT2D eigenvalue weighted by molar-refractivity contribution is 0.276. The average Bonchev–Trinajstić information content (AvgIpc) is 2.71. The van der Waals surface area contributed by atoms with Gasteiger partial charge in [-0.1, -0.05) is 20.3 Å². The molecule has 0 bridgehead atoms. The third-order valence-electron chi connectivity index (χ3n) is 3.36. The third-order valence-corrected chi connectivity index (χ3v) is 3.36. The minimum atomic E-state index is 0.451. The molecular weight excluding hydrogens is 174 g/mol. The number of furan rings is 1. The lowest BCUT2D eigenvalue weighted by atomic mass is 9.87. The SMILES string of the molecule is CC1(C)CCCC1NCc1ccco1. The molecular formula is C12H19NO. The summed E-state index contributed by atoms with van der Waals surface area (Å²) in [6.07, 6.45) is 5.72. The van der Waals surface area contributed by atoms with Crippen LogP contribution in [-0.4, -0.2) is 6.04 Å². The molecule has 0 radical (unpaired) electrons. The molecule has 1 aromatic heterocycles. The van der Waals surface area contributed by atoms with Gasteiger partial charge in [0, 0.05) is 6.04 Å². The van der Waals surface area contributed by atoms with Crippen molar-refractivity contribution in [1.29, 1.82) is 0 Å². The first-order chi connectivity index (χ1) is 6.68. The second-order valence-corrected chi connectivity index (χ2v) is 4.89. The maximum Gasteiger partial charge on any atom is 0.117 e. The monoisotopic (exact) mass is 193 g/mol. The fraction of sp³-hybridized carbons (Fsp3) is 0.667. The zero-order chi connectivity index (χ0) is 10.0. The summed E-state index contributed by atoms with van der Waals surface area (Å²) in [5.74, 6) is 1.03. The molecule has 0 aromatic carbocycles. The maximum absolute atomic E-state index is 5.30. The van der Waals surface area contributed by atoms with E-state index in [2.05, 4.69) is 19.2 Å². The van der Waals surface area contributed by atoms with Crippen molar-refractivity contribution >= 4 is 0 Å². The van der Waals surface area contributed by atoms with E-state index >= 15 is 0 Å². The lowest BCUT2D eigenvalue weighted by Crippen LogP contribution is -2.37. The highest BCUT2D eigenvalue weighted by molar-refractivity contribution is 4.99. The van der Waals surface area contributed by atoms with Crippen LogP contribution in [0, 0.1) is 5.41 Å². The van der Waals surface area contributed by atoms with Crippen LogP contribution in [0.15, 0.2) is 22.8 Å². The van der Waals surface area contributed by atoms with E-state index in [1.165, 1.54) is 19.3 Å². The summed E-state index contributed by atoms with van der Waals surface area (Å²) in [5, 5.41) is 3.58. The van der Waals surface area contributed by atoms with Gasteiger partial charge in [0.2, 0.25) is 0 Å². The van der Waals surface area contributed by atoms with Crippen molar-refractivity contribution in [2.45, 2.75) is 45.7 Å². The van der Waals surface area contributed by atoms with Crippen LogP contribution in [0.3, 0.4) is 0 Å². The molecule has 1 aliphatic rings. The predicted octanol–water partition coefficient (Wildman–Crippen LogP) is 2.95. The quantitative estimate of drug-likeness (QED) is 0.798. The second-order valence-electron chi connectivity index (χ2n) is 4.89. The summed E-state index contributed by atoms with van der Waals surface area (Å²) >= 11 is 0. The van der Waals surface area contributed by atoms with E-state index in [0.717, 1.165) is 12.3 Å². The van der Waals surface area contributed by atoms with Gasteiger partial charge in [-0.2, -0.15) is 0 Å². The number of hydrogen-bond donors (Lipinski definition) is 1. The molecule has 1 aliphatic carbocycles. The van der Waals surface area contributed by atoms with Gasteiger partial charge in [0.25, 0.3) is 0 Å². The Balaban J connectivity index is 1.86. The molecule has 1 atom stereocenters. The molecule has 0 amide bonds. The molecule has 0 aliphatic heterocycles. The summed E-state index contributed by atoms with van der Waals surface area (Å²) in [7, 11) is 0. The van der Waals surface area contributed by atoms with Crippen LogP contribution in [0.5, 0.6) is 0 Å². The van der Waals surface area contributed by atoms with Gasteiger partial charge < -0.3 is 9.73 Å². The summed E-state index contributed by atoms with van der Waals surface area (Å²) in [6.45, 7) is 5.56. The molecule has 2 rings (SSSR count). The lowest BCUT2D eigenvalue weighted by Gasteiger charge is -2.27. The highest BCUT2D eigenvalue weighted by atomic mass is 16.3. The number of rotatable bonds is 3. The molecule has 0 saturated heterocycles. The van der Waals surface area contributed by atoms with E-state index in [0.29, 0.717) is 11.5 Å². The van der Waals surface area contributed by atoms with Crippen LogP contribution >= 0.6 is 0 Å². The molecule has 1 saturated carbocycles.